The third kappa shape index (κ3) is 2.53. The summed E-state index contributed by atoms with van der Waals surface area (Å²) in [4.78, 5) is 0. The molecule has 2 atom stereocenters. The predicted octanol–water partition coefficient (Wildman–Crippen LogP) is 1.06. The van der Waals surface area contributed by atoms with Gasteiger partial charge in [0.25, 0.3) is 0 Å². The summed E-state index contributed by atoms with van der Waals surface area (Å²) in [7, 11) is -4.78. The van der Waals surface area contributed by atoms with Gasteiger partial charge in [0.05, 0.1) is 0 Å². The second-order valence-electron chi connectivity index (χ2n) is 4.81. The third-order valence-electron chi connectivity index (χ3n) is 2.48. The highest BCUT2D eigenvalue weighted by Crippen LogP contribution is 2.13. The van der Waals surface area contributed by atoms with Crippen molar-refractivity contribution in [3.05, 3.63) is 24.6 Å². The molecule has 6 heteroatoms. The Morgan fingerprint density at radius 1 is 0.786 bits per heavy atom. The van der Waals surface area contributed by atoms with E-state index in [9.17, 15) is 0 Å². The Labute approximate surface area is 90.2 Å². The molecule has 1 heterocycles. The lowest BCUT2D eigenvalue weighted by Crippen LogP contribution is -2.88. The Kier molecular flexibility index (Phi) is 3.06. The maximum Gasteiger partial charge on any atom is 0.212 e. The average molecular weight is 244 g/mol. The predicted molar refractivity (Wildman–Crippen MR) is 70.5 cm³/mol. The van der Waals surface area contributed by atoms with E-state index in [4.69, 9.17) is 0 Å². The summed E-state index contributed by atoms with van der Waals surface area (Å²) >= 11 is 0. The lowest BCUT2D eigenvalue weighted by atomic mass is 11.3. The summed E-state index contributed by atoms with van der Waals surface area (Å²) in [5.41, 5.74) is 4.16. The molecular formula is C8H21N3Si3. The second kappa shape index (κ2) is 3.54. The maximum absolute atomic E-state index is 3.94. The molecule has 1 saturated heterocycles. The van der Waals surface area contributed by atoms with Crippen molar-refractivity contribution in [3.63, 3.8) is 0 Å². The summed E-state index contributed by atoms with van der Waals surface area (Å²) in [6.45, 7) is 17.0. The summed E-state index contributed by atoms with van der Waals surface area (Å²) in [6, 6.07) is 0. The number of hydrogen-bond donors (Lipinski definition) is 3. The fraction of sp³-hybridized carbons (Fsp3) is 0.500. The fourth-order valence-electron chi connectivity index (χ4n) is 2.14. The first-order valence-electron chi connectivity index (χ1n) is 4.89. The highest BCUT2D eigenvalue weighted by Gasteiger charge is 2.46. The van der Waals surface area contributed by atoms with Gasteiger partial charge in [-0.25, -0.2) is 0 Å². The summed E-state index contributed by atoms with van der Waals surface area (Å²) in [5, 5.41) is 0. The Hall–Kier alpha value is 0.0106. The molecule has 1 aliphatic rings. The number of hydrogen-bond acceptors (Lipinski definition) is 3. The Morgan fingerprint density at radius 3 is 1.43 bits per heavy atom. The summed E-state index contributed by atoms with van der Waals surface area (Å²) < 4.78 is 11.2. The van der Waals surface area contributed by atoms with Crippen LogP contribution in [0, 0.1) is 0 Å². The molecule has 0 amide bonds. The van der Waals surface area contributed by atoms with E-state index in [0.29, 0.717) is 0 Å². The van der Waals surface area contributed by atoms with E-state index in [1.807, 2.05) is 0 Å². The number of nitrogens with one attached hydrogen (secondary N) is 3. The van der Waals surface area contributed by atoms with E-state index in [-0.39, 0.29) is 0 Å². The molecule has 0 aliphatic carbocycles. The molecule has 0 radical (unpaired) electrons. The van der Waals surface area contributed by atoms with E-state index in [1.165, 1.54) is 0 Å². The Balaban J connectivity index is 2.99. The van der Waals surface area contributed by atoms with Crippen molar-refractivity contribution in [1.82, 2.24) is 13.9 Å². The summed E-state index contributed by atoms with van der Waals surface area (Å²) in [6.07, 6.45) is 0. The highest BCUT2D eigenvalue weighted by molar-refractivity contribution is 7.08. The molecule has 1 fully saturated rings. The molecule has 14 heavy (non-hydrogen) atoms. The zero-order valence-electron chi connectivity index (χ0n) is 9.57. The van der Waals surface area contributed by atoms with Crippen LogP contribution >= 0.6 is 0 Å². The topological polar surface area (TPSA) is 36.1 Å². The molecule has 2 unspecified atom stereocenters. The van der Waals surface area contributed by atoms with Crippen LogP contribution in [0.3, 0.4) is 0 Å². The van der Waals surface area contributed by atoms with Gasteiger partial charge in [0, 0.05) is 0 Å². The molecule has 0 aromatic carbocycles. The first kappa shape index (κ1) is 12.1. The lowest BCUT2D eigenvalue weighted by molar-refractivity contribution is 1.06. The monoisotopic (exact) mass is 243 g/mol. The largest absolute Gasteiger partial charge is 0.333 e. The quantitative estimate of drug-likeness (QED) is 0.635. The van der Waals surface area contributed by atoms with Crippen LogP contribution in [-0.2, 0) is 0 Å². The molecule has 80 valence electrons. The van der Waals surface area contributed by atoms with Crippen LogP contribution < -0.4 is 13.9 Å². The van der Waals surface area contributed by atoms with Crippen LogP contribution in [0.1, 0.15) is 0 Å². The highest BCUT2D eigenvalue weighted by atomic mass is 28.5. The molecule has 3 N–H and O–H groups in total. The zero-order valence-corrected chi connectivity index (χ0v) is 12.6. The molecule has 1 aliphatic heterocycles. The number of rotatable bonds is 2. The van der Waals surface area contributed by atoms with E-state index in [0.717, 1.165) is 0 Å². The lowest BCUT2D eigenvalue weighted by Gasteiger charge is -2.49. The smallest absolute Gasteiger partial charge is 0.212 e. The zero-order chi connectivity index (χ0) is 11.0. The van der Waals surface area contributed by atoms with Gasteiger partial charge in [0.2, 0.25) is 16.8 Å². The fourth-order valence-corrected chi connectivity index (χ4v) is 20.9. The van der Waals surface area contributed by atoms with Gasteiger partial charge < -0.3 is 13.9 Å². The molecule has 0 saturated carbocycles. The van der Waals surface area contributed by atoms with Crippen molar-refractivity contribution in [2.45, 2.75) is 26.2 Å². The van der Waals surface area contributed by atoms with Crippen LogP contribution in [-0.4, -0.2) is 25.2 Å². The minimum atomic E-state index is -1.65. The first-order chi connectivity index (χ1) is 6.24. The third-order valence-corrected chi connectivity index (χ3v) is 17.4. The van der Waals surface area contributed by atoms with Crippen molar-refractivity contribution in [2.75, 3.05) is 0 Å². The van der Waals surface area contributed by atoms with E-state index < -0.39 is 25.2 Å². The van der Waals surface area contributed by atoms with Gasteiger partial charge in [0.1, 0.15) is 0 Å². The minimum Gasteiger partial charge on any atom is -0.333 e. The van der Waals surface area contributed by atoms with Crippen LogP contribution in [0.4, 0.5) is 0 Å². The van der Waals surface area contributed by atoms with Crippen molar-refractivity contribution in [2.24, 2.45) is 0 Å². The van der Waals surface area contributed by atoms with Crippen LogP contribution in [0.5, 0.6) is 0 Å². The molecule has 1 rings (SSSR count). The van der Waals surface area contributed by atoms with Crippen LogP contribution in [0.15, 0.2) is 24.6 Å². The van der Waals surface area contributed by atoms with Gasteiger partial charge in [-0.05, 0) is 26.2 Å². The van der Waals surface area contributed by atoms with Gasteiger partial charge in [-0.3, -0.25) is 0 Å². The standard InChI is InChI=1S/C8H21N3Si3/c1-7-13(5)9-12(3,4)10-14(6,8-2)11-13/h7-11H,1-2H2,3-6H3. The first-order valence-corrected chi connectivity index (χ1v) is 13.0. The van der Waals surface area contributed by atoms with E-state index in [2.05, 4.69) is 64.7 Å². The van der Waals surface area contributed by atoms with Gasteiger partial charge in [-0.1, -0.05) is 11.4 Å². The molecule has 0 spiro atoms. The van der Waals surface area contributed by atoms with Gasteiger partial charge >= 0.3 is 0 Å². The van der Waals surface area contributed by atoms with Crippen LogP contribution in [0.25, 0.3) is 0 Å². The molecular weight excluding hydrogens is 222 g/mol. The molecule has 0 aromatic heterocycles. The second-order valence-corrected chi connectivity index (χ2v) is 16.7. The summed E-state index contributed by atoms with van der Waals surface area (Å²) in [5.74, 6) is 0. The van der Waals surface area contributed by atoms with E-state index in [1.54, 1.807) is 0 Å². The van der Waals surface area contributed by atoms with Gasteiger partial charge in [-0.15, -0.1) is 13.2 Å². The minimum absolute atomic E-state index is 1.48. The average Bonchev–Trinajstić information content (AvgIpc) is 2.00. The van der Waals surface area contributed by atoms with Crippen molar-refractivity contribution in [1.29, 1.82) is 0 Å². The molecule has 3 nitrogen and oxygen atoms in total. The molecule has 0 bridgehead atoms. The van der Waals surface area contributed by atoms with Gasteiger partial charge in [-0.2, -0.15) is 0 Å². The normalized spacial score (nSPS) is 41.7. The van der Waals surface area contributed by atoms with Crippen LogP contribution in [0.2, 0.25) is 26.2 Å². The Bertz CT molecular complexity index is 245. The van der Waals surface area contributed by atoms with E-state index >= 15 is 0 Å². The maximum atomic E-state index is 3.94. The SMILES string of the molecule is C=C[Si]1(C)N[Si](C)(C)N[Si](C)(C=C)N1. The van der Waals surface area contributed by atoms with Crippen molar-refractivity contribution < 1.29 is 0 Å². The van der Waals surface area contributed by atoms with Crippen molar-refractivity contribution in [3.8, 4) is 0 Å². The molecule has 0 aromatic rings. The van der Waals surface area contributed by atoms with Gasteiger partial charge in [0.15, 0.2) is 8.40 Å². The Morgan fingerprint density at radius 2 is 1.14 bits per heavy atom. The van der Waals surface area contributed by atoms with Crippen molar-refractivity contribution >= 4 is 25.2 Å².